The number of rotatable bonds is 1. The highest BCUT2D eigenvalue weighted by Crippen LogP contribution is 2.31. The first-order valence-corrected chi connectivity index (χ1v) is 5.97. The Balaban J connectivity index is 2.30. The predicted molar refractivity (Wildman–Crippen MR) is 62.0 cm³/mol. The lowest BCUT2D eigenvalue weighted by Crippen LogP contribution is -2.11. The molecule has 1 fully saturated rings. The number of hydrogen-bond donors (Lipinski definition) is 0. The SMILES string of the molecule is Cc1cc(F)ccc1C1CCCCCC1=O. The molecule has 0 heterocycles. The van der Waals surface area contributed by atoms with E-state index in [0.717, 1.165) is 36.8 Å². The third kappa shape index (κ3) is 2.31. The lowest BCUT2D eigenvalue weighted by Gasteiger charge is -2.15. The second-order valence-corrected chi connectivity index (χ2v) is 4.62. The van der Waals surface area contributed by atoms with Crippen molar-refractivity contribution in [3.8, 4) is 0 Å². The summed E-state index contributed by atoms with van der Waals surface area (Å²) in [6, 6.07) is 4.76. The van der Waals surface area contributed by atoms with Crippen LogP contribution in [0.2, 0.25) is 0 Å². The fourth-order valence-electron chi connectivity index (χ4n) is 2.52. The van der Waals surface area contributed by atoms with E-state index in [1.807, 2.05) is 6.92 Å². The van der Waals surface area contributed by atoms with Crippen LogP contribution in [0.15, 0.2) is 18.2 Å². The van der Waals surface area contributed by atoms with Crippen molar-refractivity contribution >= 4 is 5.78 Å². The van der Waals surface area contributed by atoms with Crippen LogP contribution in [0.3, 0.4) is 0 Å². The standard InChI is InChI=1S/C14H17FO/c1-10-9-11(15)7-8-12(10)13-5-3-2-4-6-14(13)16/h7-9,13H,2-6H2,1H3. The molecule has 1 nitrogen and oxygen atoms in total. The molecular formula is C14H17FO. The van der Waals surface area contributed by atoms with E-state index >= 15 is 0 Å². The number of halogens is 1. The van der Waals surface area contributed by atoms with Crippen molar-refractivity contribution in [2.75, 3.05) is 0 Å². The number of ketones is 1. The van der Waals surface area contributed by atoms with Gasteiger partial charge in [-0.1, -0.05) is 18.9 Å². The van der Waals surface area contributed by atoms with Crippen LogP contribution in [0.1, 0.15) is 49.1 Å². The Morgan fingerprint density at radius 2 is 2.06 bits per heavy atom. The molecular weight excluding hydrogens is 203 g/mol. The molecule has 0 bridgehead atoms. The zero-order valence-electron chi connectivity index (χ0n) is 9.63. The van der Waals surface area contributed by atoms with Crippen LogP contribution in [0.4, 0.5) is 4.39 Å². The molecule has 0 saturated heterocycles. The number of Topliss-reactive ketones (excluding diaryl/α,β-unsaturated/α-hetero) is 1. The second-order valence-electron chi connectivity index (χ2n) is 4.62. The molecule has 0 amide bonds. The summed E-state index contributed by atoms with van der Waals surface area (Å²) < 4.78 is 13.0. The minimum atomic E-state index is -0.220. The second kappa shape index (κ2) is 4.77. The van der Waals surface area contributed by atoms with E-state index in [9.17, 15) is 9.18 Å². The summed E-state index contributed by atoms with van der Waals surface area (Å²) >= 11 is 0. The third-order valence-corrected chi connectivity index (χ3v) is 3.41. The van der Waals surface area contributed by atoms with Gasteiger partial charge in [0, 0.05) is 12.3 Å². The fraction of sp³-hybridized carbons (Fsp3) is 0.500. The summed E-state index contributed by atoms with van der Waals surface area (Å²) in [5.41, 5.74) is 1.92. The minimum Gasteiger partial charge on any atom is -0.299 e. The molecule has 1 aromatic carbocycles. The molecule has 1 saturated carbocycles. The van der Waals surface area contributed by atoms with E-state index < -0.39 is 0 Å². The Labute approximate surface area is 95.7 Å². The summed E-state index contributed by atoms with van der Waals surface area (Å²) in [6.45, 7) is 1.89. The van der Waals surface area contributed by atoms with Crippen molar-refractivity contribution in [1.82, 2.24) is 0 Å². The van der Waals surface area contributed by atoms with Gasteiger partial charge in [-0.2, -0.15) is 0 Å². The summed E-state index contributed by atoms with van der Waals surface area (Å²) in [7, 11) is 0. The highest BCUT2D eigenvalue weighted by atomic mass is 19.1. The van der Waals surface area contributed by atoms with Gasteiger partial charge < -0.3 is 0 Å². The molecule has 0 aromatic heterocycles. The highest BCUT2D eigenvalue weighted by Gasteiger charge is 2.23. The van der Waals surface area contributed by atoms with E-state index in [2.05, 4.69) is 0 Å². The Morgan fingerprint density at radius 3 is 2.81 bits per heavy atom. The van der Waals surface area contributed by atoms with Crippen molar-refractivity contribution < 1.29 is 9.18 Å². The number of carbonyl (C=O) groups is 1. The molecule has 1 unspecified atom stereocenters. The first-order valence-electron chi connectivity index (χ1n) is 5.97. The highest BCUT2D eigenvalue weighted by molar-refractivity contribution is 5.86. The van der Waals surface area contributed by atoms with Crippen LogP contribution >= 0.6 is 0 Å². The van der Waals surface area contributed by atoms with Gasteiger partial charge in [0.15, 0.2) is 0 Å². The smallest absolute Gasteiger partial charge is 0.140 e. The van der Waals surface area contributed by atoms with Crippen LogP contribution in [0.25, 0.3) is 0 Å². The molecule has 2 heteroatoms. The van der Waals surface area contributed by atoms with Crippen molar-refractivity contribution in [1.29, 1.82) is 0 Å². The lowest BCUT2D eigenvalue weighted by molar-refractivity contribution is -0.120. The van der Waals surface area contributed by atoms with E-state index in [-0.39, 0.29) is 11.7 Å². The molecule has 1 atom stereocenters. The summed E-state index contributed by atoms with van der Waals surface area (Å²) in [4.78, 5) is 12.0. The topological polar surface area (TPSA) is 17.1 Å². The van der Waals surface area contributed by atoms with Crippen molar-refractivity contribution in [2.45, 2.75) is 44.9 Å². The number of benzene rings is 1. The van der Waals surface area contributed by atoms with Gasteiger partial charge in [-0.3, -0.25) is 4.79 Å². The third-order valence-electron chi connectivity index (χ3n) is 3.41. The summed E-state index contributed by atoms with van der Waals surface area (Å²) in [5.74, 6) is 0.109. The van der Waals surface area contributed by atoms with Crippen molar-refractivity contribution in [2.24, 2.45) is 0 Å². The van der Waals surface area contributed by atoms with Crippen LogP contribution in [-0.4, -0.2) is 5.78 Å². The van der Waals surface area contributed by atoms with Gasteiger partial charge in [0.1, 0.15) is 11.6 Å². The molecule has 0 N–H and O–H groups in total. The minimum absolute atomic E-state index is 0.00287. The summed E-state index contributed by atoms with van der Waals surface area (Å²) in [6.07, 6.45) is 4.86. The van der Waals surface area contributed by atoms with Crippen molar-refractivity contribution in [3.63, 3.8) is 0 Å². The average molecular weight is 220 g/mol. The maximum atomic E-state index is 13.0. The van der Waals surface area contributed by atoms with Gasteiger partial charge in [-0.05, 0) is 43.0 Å². The molecule has 1 aliphatic rings. The van der Waals surface area contributed by atoms with Crippen LogP contribution in [0.5, 0.6) is 0 Å². The largest absolute Gasteiger partial charge is 0.299 e. The Bertz CT molecular complexity index is 398. The summed E-state index contributed by atoms with van der Waals surface area (Å²) in [5, 5.41) is 0. The fourth-order valence-corrected chi connectivity index (χ4v) is 2.52. The van der Waals surface area contributed by atoms with Gasteiger partial charge in [0.05, 0.1) is 0 Å². The Kier molecular flexibility index (Phi) is 3.37. The molecule has 0 radical (unpaired) electrons. The van der Waals surface area contributed by atoms with E-state index in [1.165, 1.54) is 12.1 Å². The molecule has 86 valence electrons. The van der Waals surface area contributed by atoms with Crippen LogP contribution in [-0.2, 0) is 4.79 Å². The quantitative estimate of drug-likeness (QED) is 0.659. The Morgan fingerprint density at radius 1 is 1.25 bits per heavy atom. The number of aryl methyl sites for hydroxylation is 1. The lowest BCUT2D eigenvalue weighted by atomic mass is 9.88. The first-order chi connectivity index (χ1) is 7.68. The molecule has 1 aliphatic carbocycles. The van der Waals surface area contributed by atoms with Crippen molar-refractivity contribution in [3.05, 3.63) is 35.1 Å². The monoisotopic (exact) mass is 220 g/mol. The Hall–Kier alpha value is -1.18. The van der Waals surface area contributed by atoms with Gasteiger partial charge in [0.2, 0.25) is 0 Å². The normalized spacial score (nSPS) is 21.9. The van der Waals surface area contributed by atoms with Gasteiger partial charge in [-0.15, -0.1) is 0 Å². The first kappa shape index (κ1) is 11.3. The van der Waals surface area contributed by atoms with E-state index in [4.69, 9.17) is 0 Å². The molecule has 0 spiro atoms. The van der Waals surface area contributed by atoms with Crippen LogP contribution < -0.4 is 0 Å². The maximum absolute atomic E-state index is 13.0. The van der Waals surface area contributed by atoms with Gasteiger partial charge >= 0.3 is 0 Å². The predicted octanol–water partition coefficient (Wildman–Crippen LogP) is 3.75. The van der Waals surface area contributed by atoms with Gasteiger partial charge in [0.25, 0.3) is 0 Å². The van der Waals surface area contributed by atoms with E-state index in [0.29, 0.717) is 12.2 Å². The molecule has 1 aromatic rings. The van der Waals surface area contributed by atoms with E-state index in [1.54, 1.807) is 6.07 Å². The van der Waals surface area contributed by atoms with Crippen LogP contribution in [0, 0.1) is 12.7 Å². The zero-order chi connectivity index (χ0) is 11.5. The molecule has 16 heavy (non-hydrogen) atoms. The molecule has 0 aliphatic heterocycles. The molecule has 2 rings (SSSR count). The van der Waals surface area contributed by atoms with Gasteiger partial charge in [-0.25, -0.2) is 4.39 Å². The average Bonchev–Trinajstić information content (AvgIpc) is 2.44. The zero-order valence-corrected chi connectivity index (χ0v) is 9.63. The maximum Gasteiger partial charge on any atom is 0.140 e. The number of hydrogen-bond acceptors (Lipinski definition) is 1. The number of carbonyl (C=O) groups excluding carboxylic acids is 1.